The second-order valence-corrected chi connectivity index (χ2v) is 11.2. The number of rotatable bonds is 5. The molecule has 179 valence electrons. The largest absolute Gasteiger partial charge is 0.460 e. The molecule has 0 fully saturated rings. The lowest BCUT2D eigenvalue weighted by molar-refractivity contribution is -0.330. The van der Waals surface area contributed by atoms with Crippen molar-refractivity contribution < 1.29 is 39.5 Å². The Hall–Kier alpha value is -1.14. The molecule has 33 heavy (non-hydrogen) atoms. The first-order chi connectivity index (χ1) is 15.0. The van der Waals surface area contributed by atoms with E-state index in [1.165, 1.54) is 42.8 Å². The van der Waals surface area contributed by atoms with Crippen LogP contribution in [-0.2, 0) is 8.65 Å². The van der Waals surface area contributed by atoms with Crippen LogP contribution in [0.5, 0.6) is 0 Å². The Morgan fingerprint density at radius 2 is 1.24 bits per heavy atom. The van der Waals surface area contributed by atoms with Gasteiger partial charge in [-0.3, -0.25) is 0 Å². The molecule has 0 amide bonds. The van der Waals surface area contributed by atoms with Crippen LogP contribution < -0.4 is 0 Å². The normalized spacial score (nSPS) is 24.5. The predicted octanol–water partition coefficient (Wildman–Crippen LogP) is 8.86. The first-order valence-electron chi connectivity index (χ1n) is 9.00. The molecule has 0 aliphatic heterocycles. The van der Waals surface area contributed by atoms with Crippen molar-refractivity contribution in [2.24, 2.45) is 0 Å². The lowest BCUT2D eigenvalue weighted by atomic mass is 9.78. The summed E-state index contributed by atoms with van der Waals surface area (Å²) in [7, 11) is 0. The Labute approximate surface area is 203 Å². The van der Waals surface area contributed by atoms with E-state index in [4.69, 9.17) is 0 Å². The van der Waals surface area contributed by atoms with E-state index in [-0.39, 0.29) is 11.1 Å². The first kappa shape index (κ1) is 26.5. The van der Waals surface area contributed by atoms with Crippen LogP contribution in [0.1, 0.15) is 17.5 Å². The van der Waals surface area contributed by atoms with Gasteiger partial charge in [0.1, 0.15) is 11.6 Å². The highest BCUT2D eigenvalue weighted by Gasteiger charge is 2.73. The van der Waals surface area contributed by atoms with E-state index in [9.17, 15) is 39.5 Å². The SMILES string of the molecule is Fc1ccccc1C1(Br)[CH]C(Br)(c2ccccc2F)CC(SC(F)(F)C(F)(F)C(F)(F)F)=C1. The van der Waals surface area contributed by atoms with Crippen molar-refractivity contribution in [3.8, 4) is 0 Å². The molecule has 0 spiro atoms. The number of allylic oxidation sites excluding steroid dienone is 2. The van der Waals surface area contributed by atoms with E-state index < -0.39 is 60.7 Å². The van der Waals surface area contributed by atoms with Crippen LogP contribution in [0.2, 0.25) is 0 Å². The monoisotopic (exact) mass is 625 g/mol. The summed E-state index contributed by atoms with van der Waals surface area (Å²) in [6.45, 7) is 0. The first-order valence-corrected chi connectivity index (χ1v) is 11.4. The van der Waals surface area contributed by atoms with Gasteiger partial charge in [-0.25, -0.2) is 8.78 Å². The minimum absolute atomic E-state index is 0.109. The maximum Gasteiger partial charge on any atom is 0.460 e. The second-order valence-electron chi connectivity index (χ2n) is 7.21. The summed E-state index contributed by atoms with van der Waals surface area (Å²) in [5, 5.41) is -5.60. The molecule has 2 unspecified atom stereocenters. The fourth-order valence-corrected chi connectivity index (χ4v) is 7.06. The Balaban J connectivity index is 2.15. The fraction of sp³-hybridized carbons (Fsp3) is 0.286. The number of halogens is 11. The van der Waals surface area contributed by atoms with E-state index in [2.05, 4.69) is 31.9 Å². The molecule has 1 radical (unpaired) electrons. The fourth-order valence-electron chi connectivity index (χ4n) is 3.32. The quantitative estimate of drug-likeness (QED) is 0.236. The third-order valence-electron chi connectivity index (χ3n) is 4.83. The summed E-state index contributed by atoms with van der Waals surface area (Å²) in [4.78, 5) is -0.647. The van der Waals surface area contributed by atoms with Crippen molar-refractivity contribution in [1.29, 1.82) is 0 Å². The van der Waals surface area contributed by atoms with E-state index in [0.717, 1.165) is 18.2 Å². The Morgan fingerprint density at radius 1 is 0.758 bits per heavy atom. The zero-order valence-electron chi connectivity index (χ0n) is 16.0. The lowest BCUT2D eigenvalue weighted by Gasteiger charge is -2.42. The lowest BCUT2D eigenvalue weighted by Crippen LogP contribution is -2.50. The van der Waals surface area contributed by atoms with Crippen molar-refractivity contribution in [3.05, 3.63) is 88.7 Å². The summed E-state index contributed by atoms with van der Waals surface area (Å²) >= 11 is 5.43. The zero-order valence-corrected chi connectivity index (χ0v) is 20.0. The van der Waals surface area contributed by atoms with E-state index >= 15 is 0 Å². The molecule has 2 aromatic carbocycles. The molecular formula is C21H12Br2F9S. The number of thioether (sulfide) groups is 1. The van der Waals surface area contributed by atoms with Crippen molar-refractivity contribution in [3.63, 3.8) is 0 Å². The Morgan fingerprint density at radius 3 is 1.73 bits per heavy atom. The van der Waals surface area contributed by atoms with Gasteiger partial charge in [0, 0.05) is 17.5 Å². The zero-order chi connectivity index (χ0) is 24.9. The van der Waals surface area contributed by atoms with Crippen LogP contribution in [0.3, 0.4) is 0 Å². The molecule has 0 heterocycles. The van der Waals surface area contributed by atoms with Crippen LogP contribution in [0.4, 0.5) is 39.5 Å². The maximum atomic E-state index is 14.6. The van der Waals surface area contributed by atoms with Gasteiger partial charge in [0.15, 0.2) is 0 Å². The van der Waals surface area contributed by atoms with Crippen LogP contribution >= 0.6 is 43.6 Å². The van der Waals surface area contributed by atoms with Crippen LogP contribution in [-0.4, -0.2) is 17.4 Å². The maximum absolute atomic E-state index is 14.6. The molecule has 12 heteroatoms. The minimum atomic E-state index is -6.51. The van der Waals surface area contributed by atoms with Gasteiger partial charge < -0.3 is 0 Å². The smallest absolute Gasteiger partial charge is 0.207 e. The number of alkyl halides is 9. The van der Waals surface area contributed by atoms with Gasteiger partial charge >= 0.3 is 17.4 Å². The molecule has 0 aromatic heterocycles. The molecule has 0 bridgehead atoms. The van der Waals surface area contributed by atoms with E-state index in [0.29, 0.717) is 0 Å². The number of hydrogen-bond acceptors (Lipinski definition) is 1. The minimum Gasteiger partial charge on any atom is -0.207 e. The van der Waals surface area contributed by atoms with Gasteiger partial charge in [0.2, 0.25) is 0 Å². The standard InChI is InChI=1S/C21H12Br2F9S/c22-17(13-5-1-3-7-15(13)24)9-12(33-21(31,32)19(26,27)20(28,29)30)10-18(23,11-17)14-6-2-4-8-16(14)25/h1-9,11H,10H2. The molecule has 0 saturated carbocycles. The highest BCUT2D eigenvalue weighted by molar-refractivity contribution is 9.10. The number of hydrogen-bond donors (Lipinski definition) is 0. The van der Waals surface area contributed by atoms with Crippen molar-refractivity contribution in [1.82, 2.24) is 0 Å². The van der Waals surface area contributed by atoms with Gasteiger partial charge in [-0.2, -0.15) is 30.7 Å². The Bertz CT molecular complexity index is 1070. The molecule has 1 aliphatic carbocycles. The average Bonchev–Trinajstić information content (AvgIpc) is 2.66. The Kier molecular flexibility index (Phi) is 7.07. The van der Waals surface area contributed by atoms with Gasteiger partial charge in [-0.15, -0.1) is 0 Å². The van der Waals surface area contributed by atoms with E-state index in [1.54, 1.807) is 0 Å². The predicted molar refractivity (Wildman–Crippen MR) is 115 cm³/mol. The molecule has 0 saturated heterocycles. The molecule has 3 rings (SSSR count). The average molecular weight is 627 g/mol. The third-order valence-corrected chi connectivity index (χ3v) is 7.69. The van der Waals surface area contributed by atoms with Crippen LogP contribution in [0.25, 0.3) is 0 Å². The summed E-state index contributed by atoms with van der Waals surface area (Å²) in [6, 6.07) is 10.2. The van der Waals surface area contributed by atoms with Crippen molar-refractivity contribution in [2.45, 2.75) is 32.4 Å². The van der Waals surface area contributed by atoms with Crippen molar-refractivity contribution >= 4 is 43.6 Å². The van der Waals surface area contributed by atoms with E-state index in [1.807, 2.05) is 0 Å². The highest BCUT2D eigenvalue weighted by Crippen LogP contribution is 2.61. The third kappa shape index (κ3) is 4.98. The molecule has 0 nitrogen and oxygen atoms in total. The number of benzene rings is 2. The van der Waals surface area contributed by atoms with Crippen LogP contribution in [0, 0.1) is 18.1 Å². The molecule has 0 N–H and O–H groups in total. The summed E-state index contributed by atoms with van der Waals surface area (Å²) in [5.41, 5.74) is -0.254. The summed E-state index contributed by atoms with van der Waals surface area (Å²) in [6.07, 6.45) is -4.89. The van der Waals surface area contributed by atoms with Crippen molar-refractivity contribution in [2.75, 3.05) is 0 Å². The molecule has 2 aromatic rings. The van der Waals surface area contributed by atoms with Gasteiger partial charge in [-0.05, 0) is 35.2 Å². The summed E-state index contributed by atoms with van der Waals surface area (Å²) in [5.74, 6) is -7.97. The molecule has 1 aliphatic rings. The second kappa shape index (κ2) is 8.82. The topological polar surface area (TPSA) is 0 Å². The highest BCUT2D eigenvalue weighted by atomic mass is 79.9. The van der Waals surface area contributed by atoms with Gasteiger partial charge in [0.25, 0.3) is 0 Å². The molecular weight excluding hydrogens is 615 g/mol. The van der Waals surface area contributed by atoms with Crippen LogP contribution in [0.15, 0.2) is 59.5 Å². The van der Waals surface area contributed by atoms with Gasteiger partial charge in [-0.1, -0.05) is 74.3 Å². The summed E-state index contributed by atoms with van der Waals surface area (Å²) < 4.78 is 119. The molecule has 2 atom stereocenters. The van der Waals surface area contributed by atoms with Gasteiger partial charge in [0.05, 0.1) is 8.65 Å².